The first-order chi connectivity index (χ1) is 9.86. The zero-order valence-corrected chi connectivity index (χ0v) is 12.3. The lowest BCUT2D eigenvalue weighted by Gasteiger charge is -2.17. The summed E-state index contributed by atoms with van der Waals surface area (Å²) in [7, 11) is 3.90. The second kappa shape index (κ2) is 5.82. The van der Waals surface area contributed by atoms with E-state index in [2.05, 4.69) is 10.6 Å². The van der Waals surface area contributed by atoms with Crippen LogP contribution in [0.5, 0.6) is 0 Å². The van der Waals surface area contributed by atoms with Crippen LogP contribution in [0.2, 0.25) is 0 Å². The number of amides is 4. The van der Waals surface area contributed by atoms with E-state index < -0.39 is 6.03 Å². The van der Waals surface area contributed by atoms with E-state index in [4.69, 9.17) is 0 Å². The molecule has 0 radical (unpaired) electrons. The summed E-state index contributed by atoms with van der Waals surface area (Å²) in [5.74, 6) is -0.726. The van der Waals surface area contributed by atoms with Crippen LogP contribution in [0.4, 0.5) is 16.2 Å². The number of benzene rings is 1. The standard InChI is InChI=1S/C14H18N4O3/c1-9-6-10(4-5-11(9)17(2)3)15-12(19)7-18-8-13(20)16-14(18)21/h4-6H,7-8H2,1-3H3,(H,15,19)(H,16,20,21). The Morgan fingerprint density at radius 1 is 1.38 bits per heavy atom. The van der Waals surface area contributed by atoms with Crippen LogP contribution < -0.4 is 15.5 Å². The molecule has 0 unspecified atom stereocenters. The molecule has 4 amide bonds. The number of carbonyl (C=O) groups is 3. The molecule has 2 rings (SSSR count). The molecule has 1 aliphatic heterocycles. The van der Waals surface area contributed by atoms with Crippen LogP contribution in [-0.4, -0.2) is 49.9 Å². The van der Waals surface area contributed by atoms with E-state index in [1.54, 1.807) is 6.07 Å². The lowest BCUT2D eigenvalue weighted by atomic mass is 10.1. The summed E-state index contributed by atoms with van der Waals surface area (Å²) in [6.07, 6.45) is 0. The molecule has 0 saturated carbocycles. The topological polar surface area (TPSA) is 81.8 Å². The van der Waals surface area contributed by atoms with Gasteiger partial charge in [0.2, 0.25) is 11.8 Å². The van der Waals surface area contributed by atoms with Crippen LogP contribution in [0.1, 0.15) is 5.56 Å². The Labute approximate surface area is 122 Å². The van der Waals surface area contributed by atoms with Gasteiger partial charge in [0.25, 0.3) is 0 Å². The Kier molecular flexibility index (Phi) is 4.11. The summed E-state index contributed by atoms with van der Waals surface area (Å²) in [5.41, 5.74) is 2.76. The molecule has 7 heteroatoms. The van der Waals surface area contributed by atoms with E-state index in [9.17, 15) is 14.4 Å². The minimum absolute atomic E-state index is 0.0785. The van der Waals surface area contributed by atoms with Gasteiger partial charge in [-0.3, -0.25) is 14.9 Å². The highest BCUT2D eigenvalue weighted by Crippen LogP contribution is 2.21. The fourth-order valence-corrected chi connectivity index (χ4v) is 2.22. The number of nitrogens with zero attached hydrogens (tertiary/aromatic N) is 2. The maximum absolute atomic E-state index is 11.9. The second-order valence-electron chi connectivity index (χ2n) is 5.15. The van der Waals surface area contributed by atoms with E-state index in [1.165, 1.54) is 4.90 Å². The Bertz CT molecular complexity index is 598. The first kappa shape index (κ1) is 14.8. The quantitative estimate of drug-likeness (QED) is 0.794. The number of urea groups is 1. The van der Waals surface area contributed by atoms with Gasteiger partial charge in [-0.25, -0.2) is 4.79 Å². The molecule has 2 N–H and O–H groups in total. The van der Waals surface area contributed by atoms with Crippen molar-refractivity contribution in [1.29, 1.82) is 0 Å². The third-order valence-corrected chi connectivity index (χ3v) is 3.16. The van der Waals surface area contributed by atoms with Gasteiger partial charge in [-0.1, -0.05) is 0 Å². The van der Waals surface area contributed by atoms with Crippen molar-refractivity contribution in [3.63, 3.8) is 0 Å². The first-order valence-electron chi connectivity index (χ1n) is 6.53. The number of rotatable bonds is 4. The van der Waals surface area contributed by atoms with Crippen LogP contribution in [0.25, 0.3) is 0 Å². The molecule has 0 bridgehead atoms. The monoisotopic (exact) mass is 290 g/mol. The fourth-order valence-electron chi connectivity index (χ4n) is 2.22. The normalized spacial score (nSPS) is 14.1. The van der Waals surface area contributed by atoms with Crippen LogP contribution in [0.15, 0.2) is 18.2 Å². The molecule has 0 aliphatic carbocycles. The third kappa shape index (κ3) is 3.50. The van der Waals surface area contributed by atoms with Gasteiger partial charge < -0.3 is 15.1 Å². The minimum Gasteiger partial charge on any atom is -0.377 e. The molecule has 21 heavy (non-hydrogen) atoms. The molecule has 1 aromatic carbocycles. The summed E-state index contributed by atoms with van der Waals surface area (Å²) in [4.78, 5) is 37.4. The SMILES string of the molecule is Cc1cc(NC(=O)CN2CC(=O)NC2=O)ccc1N(C)C. The molecule has 1 heterocycles. The molecular weight excluding hydrogens is 272 g/mol. The van der Waals surface area contributed by atoms with Crippen molar-refractivity contribution in [2.24, 2.45) is 0 Å². The van der Waals surface area contributed by atoms with Crippen molar-refractivity contribution >= 4 is 29.2 Å². The number of imide groups is 1. The van der Waals surface area contributed by atoms with Crippen LogP contribution in [0.3, 0.4) is 0 Å². The molecule has 112 valence electrons. The van der Waals surface area contributed by atoms with Gasteiger partial charge in [0.05, 0.1) is 0 Å². The highest BCUT2D eigenvalue weighted by molar-refractivity contribution is 6.04. The number of carbonyl (C=O) groups excluding carboxylic acids is 3. The summed E-state index contributed by atoms with van der Waals surface area (Å²) in [6.45, 7) is 1.73. The van der Waals surface area contributed by atoms with E-state index >= 15 is 0 Å². The number of hydrogen-bond donors (Lipinski definition) is 2. The summed E-state index contributed by atoms with van der Waals surface area (Å²) >= 11 is 0. The van der Waals surface area contributed by atoms with E-state index in [-0.39, 0.29) is 24.9 Å². The van der Waals surface area contributed by atoms with Crippen molar-refractivity contribution < 1.29 is 14.4 Å². The van der Waals surface area contributed by atoms with Crippen molar-refractivity contribution in [1.82, 2.24) is 10.2 Å². The van der Waals surface area contributed by atoms with Gasteiger partial charge in [0.1, 0.15) is 13.1 Å². The van der Waals surface area contributed by atoms with Gasteiger partial charge in [-0.05, 0) is 30.7 Å². The van der Waals surface area contributed by atoms with Crippen molar-refractivity contribution in [2.75, 3.05) is 37.4 Å². The summed E-state index contributed by atoms with van der Waals surface area (Å²) < 4.78 is 0. The van der Waals surface area contributed by atoms with Gasteiger partial charge in [-0.15, -0.1) is 0 Å². The zero-order valence-electron chi connectivity index (χ0n) is 12.3. The molecule has 1 aromatic rings. The Hall–Kier alpha value is -2.57. The lowest BCUT2D eigenvalue weighted by Crippen LogP contribution is -2.35. The number of anilines is 2. The minimum atomic E-state index is -0.533. The van der Waals surface area contributed by atoms with Gasteiger partial charge in [0.15, 0.2) is 0 Å². The third-order valence-electron chi connectivity index (χ3n) is 3.16. The smallest absolute Gasteiger partial charge is 0.325 e. The molecule has 7 nitrogen and oxygen atoms in total. The molecule has 0 aromatic heterocycles. The molecular formula is C14H18N4O3. The van der Waals surface area contributed by atoms with Gasteiger partial charge >= 0.3 is 6.03 Å². The van der Waals surface area contributed by atoms with Crippen LogP contribution in [0, 0.1) is 6.92 Å². The van der Waals surface area contributed by atoms with Gasteiger partial charge in [-0.2, -0.15) is 0 Å². The average Bonchev–Trinajstić information content (AvgIpc) is 2.67. The first-order valence-corrected chi connectivity index (χ1v) is 6.53. The van der Waals surface area contributed by atoms with E-state index in [1.807, 2.05) is 38.1 Å². The number of hydrogen-bond acceptors (Lipinski definition) is 4. The molecule has 1 fully saturated rings. The highest BCUT2D eigenvalue weighted by Gasteiger charge is 2.28. The molecule has 0 atom stereocenters. The highest BCUT2D eigenvalue weighted by atomic mass is 16.2. The Morgan fingerprint density at radius 2 is 2.10 bits per heavy atom. The van der Waals surface area contributed by atoms with Crippen molar-refractivity contribution in [3.8, 4) is 0 Å². The van der Waals surface area contributed by atoms with Crippen molar-refractivity contribution in [2.45, 2.75) is 6.92 Å². The van der Waals surface area contributed by atoms with Gasteiger partial charge in [0, 0.05) is 25.5 Å². The van der Waals surface area contributed by atoms with Crippen LogP contribution >= 0.6 is 0 Å². The number of aryl methyl sites for hydroxylation is 1. The molecule has 1 aliphatic rings. The Morgan fingerprint density at radius 3 is 2.62 bits per heavy atom. The zero-order chi connectivity index (χ0) is 15.6. The Balaban J connectivity index is 1.98. The second-order valence-corrected chi connectivity index (χ2v) is 5.15. The number of nitrogens with one attached hydrogen (secondary N) is 2. The molecule has 0 spiro atoms. The lowest BCUT2D eigenvalue weighted by molar-refractivity contribution is -0.119. The van der Waals surface area contributed by atoms with Crippen LogP contribution in [-0.2, 0) is 9.59 Å². The summed E-state index contributed by atoms with van der Waals surface area (Å²) in [5, 5.41) is 4.85. The fraction of sp³-hybridized carbons (Fsp3) is 0.357. The largest absolute Gasteiger partial charge is 0.377 e. The summed E-state index contributed by atoms with van der Waals surface area (Å²) in [6, 6.07) is 5.05. The van der Waals surface area contributed by atoms with Crippen molar-refractivity contribution in [3.05, 3.63) is 23.8 Å². The molecule has 1 saturated heterocycles. The maximum atomic E-state index is 11.9. The predicted molar refractivity (Wildman–Crippen MR) is 79.2 cm³/mol. The average molecular weight is 290 g/mol. The predicted octanol–water partition coefficient (Wildman–Crippen LogP) is 0.551. The van der Waals surface area contributed by atoms with E-state index in [0.29, 0.717) is 5.69 Å². The van der Waals surface area contributed by atoms with E-state index in [0.717, 1.165) is 11.3 Å². The maximum Gasteiger partial charge on any atom is 0.325 e.